The maximum absolute atomic E-state index is 13.9. The molecule has 0 bridgehead atoms. The van der Waals surface area contributed by atoms with Crippen molar-refractivity contribution in [2.45, 2.75) is 6.42 Å². The number of hydrogen-bond donors (Lipinski definition) is 2. The Morgan fingerprint density at radius 3 is 2.60 bits per heavy atom. The highest BCUT2D eigenvalue weighted by atomic mass is 127. The molecule has 0 unspecified atom stereocenters. The number of benzene rings is 2. The second kappa shape index (κ2) is 12.2. The Labute approximate surface area is 199 Å². The fraction of sp³-hybridized carbons (Fsp3) is 0.381. The number of methoxy groups -OCH3 is 1. The van der Waals surface area contributed by atoms with E-state index in [0.29, 0.717) is 29.0 Å². The molecule has 0 radical (unpaired) electrons. The topological polar surface area (TPSA) is 66.1 Å². The Bertz CT molecular complexity index is 846. The summed E-state index contributed by atoms with van der Waals surface area (Å²) in [6.45, 7) is 5.05. The number of piperazine rings is 1. The first-order valence-corrected chi connectivity index (χ1v) is 10.1. The Kier molecular flexibility index (Phi) is 9.93. The molecule has 1 fully saturated rings. The molecule has 2 aromatic rings. The van der Waals surface area contributed by atoms with E-state index in [2.05, 4.69) is 20.1 Å². The minimum absolute atomic E-state index is 0. The van der Waals surface area contributed by atoms with E-state index in [9.17, 15) is 4.39 Å². The Balaban J connectivity index is 0.00000320. The molecule has 1 aliphatic heterocycles. The zero-order valence-electron chi connectivity index (χ0n) is 17.0. The minimum Gasteiger partial charge on any atom is -0.495 e. The normalized spacial score (nSPS) is 14.9. The molecule has 0 saturated carbocycles. The van der Waals surface area contributed by atoms with Gasteiger partial charge in [-0.05, 0) is 36.8 Å². The first-order valence-electron chi connectivity index (χ1n) is 9.69. The Hall–Kier alpha value is -1.78. The molecule has 2 aromatic carbocycles. The molecule has 6 nitrogen and oxygen atoms in total. The van der Waals surface area contributed by atoms with Crippen LogP contribution in [0.5, 0.6) is 5.75 Å². The van der Waals surface area contributed by atoms with Crippen LogP contribution in [0.2, 0.25) is 5.02 Å². The van der Waals surface area contributed by atoms with Gasteiger partial charge in [-0.25, -0.2) is 4.39 Å². The van der Waals surface area contributed by atoms with Crippen LogP contribution < -0.4 is 20.7 Å². The first kappa shape index (κ1) is 24.5. The van der Waals surface area contributed by atoms with E-state index >= 15 is 0 Å². The van der Waals surface area contributed by atoms with E-state index in [1.54, 1.807) is 25.3 Å². The molecule has 3 rings (SSSR count). The van der Waals surface area contributed by atoms with Crippen molar-refractivity contribution in [3.63, 3.8) is 0 Å². The summed E-state index contributed by atoms with van der Waals surface area (Å²) in [5.74, 6) is 0.815. The van der Waals surface area contributed by atoms with Crippen LogP contribution in [-0.4, -0.2) is 57.2 Å². The predicted molar refractivity (Wildman–Crippen MR) is 133 cm³/mol. The van der Waals surface area contributed by atoms with Gasteiger partial charge >= 0.3 is 0 Å². The lowest BCUT2D eigenvalue weighted by molar-refractivity contribution is 0.256. The third-order valence-corrected chi connectivity index (χ3v) is 5.20. The van der Waals surface area contributed by atoms with E-state index in [1.165, 1.54) is 6.07 Å². The number of aliphatic imine (C=N–C) groups is 1. The zero-order chi connectivity index (χ0) is 20.6. The molecule has 0 spiro atoms. The fourth-order valence-corrected chi connectivity index (χ4v) is 3.60. The van der Waals surface area contributed by atoms with Crippen LogP contribution in [0.3, 0.4) is 0 Å². The lowest BCUT2D eigenvalue weighted by Crippen LogP contribution is -2.47. The zero-order valence-corrected chi connectivity index (χ0v) is 20.1. The molecule has 0 aliphatic carbocycles. The molecule has 1 saturated heterocycles. The Morgan fingerprint density at radius 1 is 1.20 bits per heavy atom. The van der Waals surface area contributed by atoms with Gasteiger partial charge in [0.1, 0.15) is 11.6 Å². The molecular formula is C21H28ClFIN5O. The van der Waals surface area contributed by atoms with Crippen molar-refractivity contribution >= 4 is 52.9 Å². The van der Waals surface area contributed by atoms with Gasteiger partial charge in [-0.15, -0.1) is 24.0 Å². The fourth-order valence-electron chi connectivity index (χ4n) is 3.35. The van der Waals surface area contributed by atoms with Crippen LogP contribution in [0.4, 0.5) is 15.8 Å². The van der Waals surface area contributed by atoms with Gasteiger partial charge in [0.15, 0.2) is 5.96 Å². The second-order valence-corrected chi connectivity index (χ2v) is 7.28. The maximum atomic E-state index is 13.9. The number of halogens is 3. The summed E-state index contributed by atoms with van der Waals surface area (Å²) >= 11 is 6.11. The standard InChI is InChI=1S/C21H27ClFN5O.HI/c1-29-20-8-7-16(15-17(20)22)26-21(24)25-9-4-10-27-11-13-28(14-12-27)19-6-3-2-5-18(19)23;/h2-3,5-8,15H,4,9-14H2,1H3,(H3,24,25,26);1H. The van der Waals surface area contributed by atoms with Crippen molar-refractivity contribution in [2.24, 2.45) is 10.7 Å². The molecule has 30 heavy (non-hydrogen) atoms. The van der Waals surface area contributed by atoms with Crippen LogP contribution >= 0.6 is 35.6 Å². The summed E-state index contributed by atoms with van der Waals surface area (Å²) in [5, 5.41) is 3.55. The quantitative estimate of drug-likeness (QED) is 0.237. The third kappa shape index (κ3) is 6.88. The molecular weight excluding hydrogens is 520 g/mol. The van der Waals surface area contributed by atoms with Crippen LogP contribution in [-0.2, 0) is 0 Å². The molecule has 0 aromatic heterocycles. The molecule has 0 atom stereocenters. The number of anilines is 2. The highest BCUT2D eigenvalue weighted by molar-refractivity contribution is 14.0. The van der Waals surface area contributed by atoms with E-state index in [0.717, 1.165) is 44.8 Å². The Morgan fingerprint density at radius 2 is 1.93 bits per heavy atom. The van der Waals surface area contributed by atoms with Gasteiger partial charge in [-0.1, -0.05) is 23.7 Å². The molecule has 9 heteroatoms. The maximum Gasteiger partial charge on any atom is 0.193 e. The lowest BCUT2D eigenvalue weighted by Gasteiger charge is -2.36. The van der Waals surface area contributed by atoms with Crippen molar-refractivity contribution in [2.75, 3.05) is 56.6 Å². The van der Waals surface area contributed by atoms with Crippen LogP contribution in [0.15, 0.2) is 47.5 Å². The number of ether oxygens (including phenoxy) is 1. The average molecular weight is 548 g/mol. The van der Waals surface area contributed by atoms with Gasteiger partial charge in [-0.3, -0.25) is 9.89 Å². The molecule has 164 valence electrons. The summed E-state index contributed by atoms with van der Waals surface area (Å²) in [6.07, 6.45) is 0.908. The number of nitrogens with one attached hydrogen (secondary N) is 1. The van der Waals surface area contributed by atoms with Gasteiger partial charge in [0.05, 0.1) is 17.8 Å². The van der Waals surface area contributed by atoms with Crippen molar-refractivity contribution in [1.82, 2.24) is 4.90 Å². The average Bonchev–Trinajstić information content (AvgIpc) is 2.72. The van der Waals surface area contributed by atoms with Crippen LogP contribution in [0.25, 0.3) is 0 Å². The highest BCUT2D eigenvalue weighted by Crippen LogP contribution is 2.27. The van der Waals surface area contributed by atoms with Gasteiger partial charge in [0.25, 0.3) is 0 Å². The van der Waals surface area contributed by atoms with Gasteiger partial charge in [0.2, 0.25) is 0 Å². The lowest BCUT2D eigenvalue weighted by atomic mass is 10.2. The summed E-state index contributed by atoms with van der Waals surface area (Å²) in [6, 6.07) is 12.3. The van der Waals surface area contributed by atoms with Crippen molar-refractivity contribution in [3.8, 4) is 5.75 Å². The summed E-state index contributed by atoms with van der Waals surface area (Å²) < 4.78 is 19.0. The summed E-state index contributed by atoms with van der Waals surface area (Å²) in [5.41, 5.74) is 7.41. The van der Waals surface area contributed by atoms with E-state index < -0.39 is 0 Å². The predicted octanol–water partition coefficient (Wildman–Crippen LogP) is 4.04. The number of nitrogens with zero attached hydrogens (tertiary/aromatic N) is 3. The van der Waals surface area contributed by atoms with Crippen molar-refractivity contribution in [3.05, 3.63) is 53.3 Å². The summed E-state index contributed by atoms with van der Waals surface area (Å²) in [4.78, 5) is 8.85. The third-order valence-electron chi connectivity index (χ3n) is 4.90. The minimum atomic E-state index is -0.156. The van der Waals surface area contributed by atoms with Crippen molar-refractivity contribution in [1.29, 1.82) is 0 Å². The molecule has 0 amide bonds. The van der Waals surface area contributed by atoms with E-state index in [1.807, 2.05) is 18.2 Å². The molecule has 1 aliphatic rings. The largest absolute Gasteiger partial charge is 0.495 e. The number of para-hydroxylation sites is 1. The highest BCUT2D eigenvalue weighted by Gasteiger charge is 2.18. The summed E-state index contributed by atoms with van der Waals surface area (Å²) in [7, 11) is 1.57. The number of rotatable bonds is 7. The van der Waals surface area contributed by atoms with Gasteiger partial charge in [-0.2, -0.15) is 0 Å². The molecule has 3 N–H and O–H groups in total. The monoisotopic (exact) mass is 547 g/mol. The second-order valence-electron chi connectivity index (χ2n) is 6.87. The van der Waals surface area contributed by atoms with E-state index in [4.69, 9.17) is 22.1 Å². The van der Waals surface area contributed by atoms with Crippen LogP contribution in [0, 0.1) is 5.82 Å². The van der Waals surface area contributed by atoms with E-state index in [-0.39, 0.29) is 29.8 Å². The smallest absolute Gasteiger partial charge is 0.193 e. The SMILES string of the molecule is COc1ccc(NC(N)=NCCCN2CCN(c3ccccc3F)CC2)cc1Cl.I. The number of nitrogens with two attached hydrogens (primary N) is 1. The number of hydrogen-bond acceptors (Lipinski definition) is 4. The van der Waals surface area contributed by atoms with Crippen LogP contribution in [0.1, 0.15) is 6.42 Å². The molecule has 1 heterocycles. The van der Waals surface area contributed by atoms with Crippen molar-refractivity contribution < 1.29 is 9.13 Å². The van der Waals surface area contributed by atoms with Gasteiger partial charge in [0, 0.05) is 45.0 Å². The first-order chi connectivity index (χ1) is 14.1. The van der Waals surface area contributed by atoms with Gasteiger partial charge < -0.3 is 20.7 Å². The number of guanidine groups is 1.